The fourth-order valence-corrected chi connectivity index (χ4v) is 1.96. The normalized spacial score (nSPS) is 22.4. The molecule has 0 aromatic rings. The molecule has 16 heavy (non-hydrogen) atoms. The van der Waals surface area contributed by atoms with Crippen LogP contribution in [-0.2, 0) is 9.53 Å². The van der Waals surface area contributed by atoms with E-state index in [4.69, 9.17) is 4.74 Å². The third kappa shape index (κ3) is 3.92. The van der Waals surface area contributed by atoms with Crippen LogP contribution in [0, 0.1) is 5.92 Å². The minimum absolute atomic E-state index is 0. The second-order valence-corrected chi connectivity index (χ2v) is 4.13. The standard InChI is InChI=1S/C11H22N2O2.ClH/c1-4-10-8-15-6-5-13(10)11(14)9(2)7-12-3;/h9-10,12H,4-8H2,1-3H3;1H. The van der Waals surface area contributed by atoms with Crippen LogP contribution in [0.25, 0.3) is 0 Å². The minimum Gasteiger partial charge on any atom is -0.377 e. The number of nitrogens with zero attached hydrogens (tertiary/aromatic N) is 1. The molecule has 1 aliphatic rings. The van der Waals surface area contributed by atoms with Crippen LogP contribution in [0.2, 0.25) is 0 Å². The predicted molar refractivity (Wildman–Crippen MR) is 66.9 cm³/mol. The van der Waals surface area contributed by atoms with Gasteiger partial charge in [0, 0.05) is 19.0 Å². The fourth-order valence-electron chi connectivity index (χ4n) is 1.96. The third-order valence-electron chi connectivity index (χ3n) is 2.91. The zero-order chi connectivity index (χ0) is 11.3. The molecule has 5 heteroatoms. The van der Waals surface area contributed by atoms with Crippen molar-refractivity contribution in [1.82, 2.24) is 10.2 Å². The van der Waals surface area contributed by atoms with Crippen molar-refractivity contribution in [2.45, 2.75) is 26.3 Å². The lowest BCUT2D eigenvalue weighted by molar-refractivity contribution is -0.143. The summed E-state index contributed by atoms with van der Waals surface area (Å²) in [5, 5.41) is 3.04. The van der Waals surface area contributed by atoms with Gasteiger partial charge in [-0.3, -0.25) is 4.79 Å². The number of morpholine rings is 1. The smallest absolute Gasteiger partial charge is 0.227 e. The summed E-state index contributed by atoms with van der Waals surface area (Å²) >= 11 is 0. The number of rotatable bonds is 4. The largest absolute Gasteiger partial charge is 0.377 e. The van der Waals surface area contributed by atoms with Gasteiger partial charge in [-0.25, -0.2) is 0 Å². The number of amides is 1. The highest BCUT2D eigenvalue weighted by Crippen LogP contribution is 2.13. The van der Waals surface area contributed by atoms with Gasteiger partial charge < -0.3 is 15.0 Å². The molecule has 96 valence electrons. The monoisotopic (exact) mass is 250 g/mol. The summed E-state index contributed by atoms with van der Waals surface area (Å²) in [6.45, 7) is 6.92. The summed E-state index contributed by atoms with van der Waals surface area (Å²) < 4.78 is 5.38. The number of ether oxygens (including phenoxy) is 1. The van der Waals surface area contributed by atoms with E-state index in [0.717, 1.165) is 19.5 Å². The lowest BCUT2D eigenvalue weighted by Gasteiger charge is -2.36. The molecule has 1 rings (SSSR count). The zero-order valence-electron chi connectivity index (χ0n) is 10.4. The van der Waals surface area contributed by atoms with E-state index in [1.165, 1.54) is 0 Å². The lowest BCUT2D eigenvalue weighted by Crippen LogP contribution is -2.51. The van der Waals surface area contributed by atoms with Crippen molar-refractivity contribution in [3.63, 3.8) is 0 Å². The predicted octanol–water partition coefficient (Wildman–Crippen LogP) is 0.901. The molecule has 1 fully saturated rings. The Bertz CT molecular complexity index is 214. The first-order valence-electron chi connectivity index (χ1n) is 5.73. The van der Waals surface area contributed by atoms with E-state index in [-0.39, 0.29) is 30.3 Å². The molecule has 0 saturated carbocycles. The Morgan fingerprint density at radius 2 is 2.31 bits per heavy atom. The average molecular weight is 251 g/mol. The van der Waals surface area contributed by atoms with E-state index in [9.17, 15) is 4.79 Å². The molecule has 0 aliphatic carbocycles. The highest BCUT2D eigenvalue weighted by Gasteiger charge is 2.28. The maximum absolute atomic E-state index is 12.1. The number of hydrogen-bond acceptors (Lipinski definition) is 3. The van der Waals surface area contributed by atoms with Gasteiger partial charge in [0.05, 0.1) is 19.3 Å². The molecule has 0 bridgehead atoms. The van der Waals surface area contributed by atoms with E-state index >= 15 is 0 Å². The van der Waals surface area contributed by atoms with Crippen molar-refractivity contribution in [3.05, 3.63) is 0 Å². The molecule has 1 saturated heterocycles. The molecule has 0 radical (unpaired) electrons. The first-order valence-corrected chi connectivity index (χ1v) is 5.73. The molecular weight excluding hydrogens is 228 g/mol. The van der Waals surface area contributed by atoms with Crippen LogP contribution in [0.15, 0.2) is 0 Å². The van der Waals surface area contributed by atoms with Crippen molar-refractivity contribution in [3.8, 4) is 0 Å². The lowest BCUT2D eigenvalue weighted by atomic mass is 10.1. The van der Waals surface area contributed by atoms with Gasteiger partial charge in [-0.05, 0) is 13.5 Å². The van der Waals surface area contributed by atoms with E-state index < -0.39 is 0 Å². The molecule has 0 spiro atoms. The van der Waals surface area contributed by atoms with Crippen molar-refractivity contribution in [1.29, 1.82) is 0 Å². The van der Waals surface area contributed by atoms with Crippen LogP contribution in [0.3, 0.4) is 0 Å². The Hall–Kier alpha value is -0.320. The summed E-state index contributed by atoms with van der Waals surface area (Å²) in [7, 11) is 1.88. The molecule has 0 aromatic carbocycles. The highest BCUT2D eigenvalue weighted by molar-refractivity contribution is 5.85. The molecule has 2 atom stereocenters. The number of carbonyl (C=O) groups excluding carboxylic acids is 1. The molecule has 1 amide bonds. The van der Waals surface area contributed by atoms with Gasteiger partial charge in [-0.1, -0.05) is 13.8 Å². The van der Waals surface area contributed by atoms with Crippen molar-refractivity contribution in [2.24, 2.45) is 5.92 Å². The highest BCUT2D eigenvalue weighted by atomic mass is 35.5. The van der Waals surface area contributed by atoms with E-state index in [0.29, 0.717) is 13.2 Å². The number of halogens is 1. The topological polar surface area (TPSA) is 41.6 Å². The second-order valence-electron chi connectivity index (χ2n) is 4.13. The average Bonchev–Trinajstić information content (AvgIpc) is 2.28. The Labute approximate surface area is 104 Å². The Morgan fingerprint density at radius 3 is 2.88 bits per heavy atom. The Morgan fingerprint density at radius 1 is 1.62 bits per heavy atom. The first-order chi connectivity index (χ1) is 7.20. The minimum atomic E-state index is 0. The summed E-state index contributed by atoms with van der Waals surface area (Å²) in [6.07, 6.45) is 0.970. The van der Waals surface area contributed by atoms with Crippen LogP contribution in [0.4, 0.5) is 0 Å². The van der Waals surface area contributed by atoms with Gasteiger partial charge in [-0.15, -0.1) is 12.4 Å². The van der Waals surface area contributed by atoms with Crippen molar-refractivity contribution in [2.75, 3.05) is 33.4 Å². The second kappa shape index (κ2) is 7.87. The summed E-state index contributed by atoms with van der Waals surface area (Å²) in [6, 6.07) is 0.269. The van der Waals surface area contributed by atoms with Gasteiger partial charge >= 0.3 is 0 Å². The van der Waals surface area contributed by atoms with Crippen LogP contribution < -0.4 is 5.32 Å². The van der Waals surface area contributed by atoms with E-state index in [1.807, 2.05) is 18.9 Å². The van der Waals surface area contributed by atoms with Crippen LogP contribution in [0.1, 0.15) is 20.3 Å². The zero-order valence-corrected chi connectivity index (χ0v) is 11.2. The van der Waals surface area contributed by atoms with Gasteiger partial charge in [0.2, 0.25) is 5.91 Å². The number of nitrogens with one attached hydrogen (secondary N) is 1. The Balaban J connectivity index is 0.00000225. The van der Waals surface area contributed by atoms with Crippen molar-refractivity contribution >= 4 is 18.3 Å². The fraction of sp³-hybridized carbons (Fsp3) is 0.909. The third-order valence-corrected chi connectivity index (χ3v) is 2.91. The van der Waals surface area contributed by atoms with Gasteiger partial charge in [0.1, 0.15) is 0 Å². The van der Waals surface area contributed by atoms with Gasteiger partial charge in [0.15, 0.2) is 0 Å². The molecule has 0 aromatic heterocycles. The van der Waals surface area contributed by atoms with E-state index in [1.54, 1.807) is 0 Å². The van der Waals surface area contributed by atoms with Gasteiger partial charge in [0.25, 0.3) is 0 Å². The molecule has 2 unspecified atom stereocenters. The van der Waals surface area contributed by atoms with Crippen LogP contribution in [-0.4, -0.2) is 50.2 Å². The summed E-state index contributed by atoms with van der Waals surface area (Å²) in [5.74, 6) is 0.307. The van der Waals surface area contributed by atoms with E-state index in [2.05, 4.69) is 12.2 Å². The molecule has 1 N–H and O–H groups in total. The maximum Gasteiger partial charge on any atom is 0.227 e. The van der Waals surface area contributed by atoms with Crippen molar-refractivity contribution < 1.29 is 9.53 Å². The summed E-state index contributed by atoms with van der Waals surface area (Å²) in [4.78, 5) is 14.1. The quantitative estimate of drug-likeness (QED) is 0.806. The SMILES string of the molecule is CCC1COCCN1C(=O)C(C)CNC.Cl. The number of hydrogen-bond donors (Lipinski definition) is 1. The number of carbonyl (C=O) groups is 1. The molecule has 1 aliphatic heterocycles. The van der Waals surface area contributed by atoms with Crippen LogP contribution in [0.5, 0.6) is 0 Å². The Kier molecular flexibility index (Phi) is 7.72. The molecular formula is C11H23ClN2O2. The van der Waals surface area contributed by atoms with Crippen LogP contribution >= 0.6 is 12.4 Å². The van der Waals surface area contributed by atoms with Gasteiger partial charge in [-0.2, -0.15) is 0 Å². The first kappa shape index (κ1) is 15.7. The summed E-state index contributed by atoms with van der Waals surface area (Å²) in [5.41, 5.74) is 0. The molecule has 1 heterocycles. The molecule has 4 nitrogen and oxygen atoms in total. The maximum atomic E-state index is 12.1.